The van der Waals surface area contributed by atoms with E-state index in [9.17, 15) is 13.2 Å². The molecule has 2 N–H and O–H groups in total. The fraction of sp³-hybridized carbons (Fsp3) is 0.923. The summed E-state index contributed by atoms with van der Waals surface area (Å²) in [6, 6.07) is -0.140. The van der Waals surface area contributed by atoms with Gasteiger partial charge in [-0.1, -0.05) is 0 Å². The number of carbonyl (C=O) groups excluding carboxylic acids is 1. The monoisotopic (exact) mass is 318 g/mol. The van der Waals surface area contributed by atoms with Crippen LogP contribution in [0, 0.1) is 5.92 Å². The van der Waals surface area contributed by atoms with Crippen LogP contribution in [-0.2, 0) is 15.0 Å². The zero-order chi connectivity index (χ0) is 15.5. The van der Waals surface area contributed by atoms with Gasteiger partial charge in [0, 0.05) is 45.3 Å². The van der Waals surface area contributed by atoms with E-state index in [1.165, 1.54) is 4.31 Å². The number of piperazine rings is 1. The van der Waals surface area contributed by atoms with E-state index in [0.717, 1.165) is 25.9 Å². The maximum Gasteiger partial charge on any atom is 0.279 e. The van der Waals surface area contributed by atoms with Gasteiger partial charge in [-0.2, -0.15) is 17.4 Å². The van der Waals surface area contributed by atoms with Crippen molar-refractivity contribution < 1.29 is 13.2 Å². The van der Waals surface area contributed by atoms with E-state index in [-0.39, 0.29) is 17.9 Å². The Morgan fingerprint density at radius 3 is 2.52 bits per heavy atom. The molecule has 2 aliphatic rings. The highest BCUT2D eigenvalue weighted by molar-refractivity contribution is 7.87. The molecule has 0 bridgehead atoms. The van der Waals surface area contributed by atoms with Crippen molar-refractivity contribution in [2.24, 2.45) is 5.92 Å². The summed E-state index contributed by atoms with van der Waals surface area (Å²) < 4.78 is 28.4. The van der Waals surface area contributed by atoms with Gasteiger partial charge in [0.05, 0.1) is 5.92 Å². The predicted molar refractivity (Wildman–Crippen MR) is 80.9 cm³/mol. The smallest absolute Gasteiger partial charge is 0.279 e. The number of nitrogens with zero attached hydrogens (tertiary/aromatic N) is 2. The summed E-state index contributed by atoms with van der Waals surface area (Å²) in [5.41, 5.74) is 0. The number of nitrogens with one attached hydrogen (secondary N) is 2. The van der Waals surface area contributed by atoms with E-state index in [1.54, 1.807) is 13.8 Å². The molecule has 2 rings (SSSR count). The van der Waals surface area contributed by atoms with E-state index in [4.69, 9.17) is 0 Å². The molecular weight excluding hydrogens is 292 g/mol. The summed E-state index contributed by atoms with van der Waals surface area (Å²) in [5, 5.41) is 3.22. The maximum atomic E-state index is 12.5. The second-order valence-corrected chi connectivity index (χ2v) is 7.75. The molecule has 122 valence electrons. The number of hydrogen-bond acceptors (Lipinski definition) is 4. The number of carbonyl (C=O) groups is 1. The predicted octanol–water partition coefficient (Wildman–Crippen LogP) is -0.627. The zero-order valence-electron chi connectivity index (χ0n) is 12.8. The molecule has 1 unspecified atom stereocenters. The van der Waals surface area contributed by atoms with E-state index in [0.29, 0.717) is 26.2 Å². The molecule has 2 aliphatic heterocycles. The lowest BCUT2D eigenvalue weighted by Gasteiger charge is -2.36. The molecule has 1 amide bonds. The van der Waals surface area contributed by atoms with Crippen molar-refractivity contribution in [1.29, 1.82) is 0 Å². The minimum Gasteiger partial charge on any atom is -0.340 e. The molecule has 0 aliphatic carbocycles. The minimum absolute atomic E-state index is 0.0981. The standard InChI is InChI=1S/C13H26N4O3S/c1-11(2)15-21(19,20)17-7-3-4-12(10-17)13(18)16-8-5-14-6-9-16/h11-12,14-15H,3-10H2,1-2H3. The molecule has 0 aromatic carbocycles. The summed E-state index contributed by atoms with van der Waals surface area (Å²) in [7, 11) is -3.48. The molecule has 0 aromatic heterocycles. The molecule has 2 saturated heterocycles. The summed E-state index contributed by atoms with van der Waals surface area (Å²) >= 11 is 0. The van der Waals surface area contributed by atoms with Crippen LogP contribution in [0.25, 0.3) is 0 Å². The Morgan fingerprint density at radius 1 is 1.24 bits per heavy atom. The van der Waals surface area contributed by atoms with Crippen LogP contribution >= 0.6 is 0 Å². The first kappa shape index (κ1) is 16.7. The van der Waals surface area contributed by atoms with Gasteiger partial charge in [-0.25, -0.2) is 0 Å². The highest BCUT2D eigenvalue weighted by atomic mass is 32.2. The first-order valence-electron chi connectivity index (χ1n) is 7.67. The normalized spacial score (nSPS) is 25.3. The summed E-state index contributed by atoms with van der Waals surface area (Å²) in [4.78, 5) is 14.4. The molecule has 2 fully saturated rings. The molecule has 0 aromatic rings. The van der Waals surface area contributed by atoms with Crippen LogP contribution in [0.4, 0.5) is 0 Å². The largest absolute Gasteiger partial charge is 0.340 e. The van der Waals surface area contributed by atoms with Gasteiger partial charge in [0.1, 0.15) is 0 Å². The van der Waals surface area contributed by atoms with E-state index >= 15 is 0 Å². The molecule has 0 spiro atoms. The maximum absolute atomic E-state index is 12.5. The fourth-order valence-corrected chi connectivity index (χ4v) is 4.37. The van der Waals surface area contributed by atoms with Gasteiger partial charge in [-0.3, -0.25) is 4.79 Å². The summed E-state index contributed by atoms with van der Waals surface area (Å²) in [6.07, 6.45) is 1.51. The third kappa shape index (κ3) is 4.38. The molecular formula is C13H26N4O3S. The van der Waals surface area contributed by atoms with Gasteiger partial charge in [0.15, 0.2) is 0 Å². The van der Waals surface area contributed by atoms with Gasteiger partial charge in [-0.05, 0) is 26.7 Å². The molecule has 0 radical (unpaired) electrons. The van der Waals surface area contributed by atoms with E-state index in [1.807, 2.05) is 4.90 Å². The van der Waals surface area contributed by atoms with Crippen LogP contribution in [0.3, 0.4) is 0 Å². The Bertz CT molecular complexity index is 460. The van der Waals surface area contributed by atoms with Crippen LogP contribution < -0.4 is 10.0 Å². The zero-order valence-corrected chi connectivity index (χ0v) is 13.7. The van der Waals surface area contributed by atoms with Gasteiger partial charge in [0.25, 0.3) is 10.2 Å². The number of rotatable bonds is 4. The molecule has 0 saturated carbocycles. The summed E-state index contributed by atoms with van der Waals surface area (Å²) in [6.45, 7) is 7.44. The lowest BCUT2D eigenvalue weighted by molar-refractivity contribution is -0.137. The van der Waals surface area contributed by atoms with E-state index < -0.39 is 10.2 Å². The number of piperidine rings is 1. The first-order valence-corrected chi connectivity index (χ1v) is 9.11. The first-order chi connectivity index (χ1) is 9.90. The molecule has 21 heavy (non-hydrogen) atoms. The van der Waals surface area contributed by atoms with Crippen LogP contribution in [0.1, 0.15) is 26.7 Å². The Labute approximate surface area is 127 Å². The lowest BCUT2D eigenvalue weighted by atomic mass is 9.98. The van der Waals surface area contributed by atoms with Crippen LogP contribution in [0.2, 0.25) is 0 Å². The average Bonchev–Trinajstić information content (AvgIpc) is 2.46. The lowest BCUT2D eigenvalue weighted by Crippen LogP contribution is -2.53. The Morgan fingerprint density at radius 2 is 1.90 bits per heavy atom. The van der Waals surface area contributed by atoms with Crippen molar-refractivity contribution >= 4 is 16.1 Å². The second-order valence-electron chi connectivity index (χ2n) is 6.05. The van der Waals surface area contributed by atoms with Gasteiger partial charge in [-0.15, -0.1) is 0 Å². The molecule has 7 nitrogen and oxygen atoms in total. The van der Waals surface area contributed by atoms with Crippen molar-refractivity contribution in [3.05, 3.63) is 0 Å². The van der Waals surface area contributed by atoms with Gasteiger partial charge in [0.2, 0.25) is 5.91 Å². The topological polar surface area (TPSA) is 81.8 Å². The van der Waals surface area contributed by atoms with Crippen molar-refractivity contribution in [3.63, 3.8) is 0 Å². The van der Waals surface area contributed by atoms with Crippen molar-refractivity contribution in [3.8, 4) is 0 Å². The Balaban J connectivity index is 1.98. The molecule has 8 heteroatoms. The third-order valence-electron chi connectivity index (χ3n) is 3.89. The van der Waals surface area contributed by atoms with E-state index in [2.05, 4.69) is 10.0 Å². The highest BCUT2D eigenvalue weighted by Crippen LogP contribution is 2.21. The number of hydrogen-bond donors (Lipinski definition) is 2. The quantitative estimate of drug-likeness (QED) is 0.723. The van der Waals surface area contributed by atoms with Crippen LogP contribution in [0.5, 0.6) is 0 Å². The minimum atomic E-state index is -3.48. The number of amides is 1. The van der Waals surface area contributed by atoms with Crippen molar-refractivity contribution in [2.45, 2.75) is 32.7 Å². The van der Waals surface area contributed by atoms with Crippen LogP contribution in [0.15, 0.2) is 0 Å². The highest BCUT2D eigenvalue weighted by Gasteiger charge is 2.34. The third-order valence-corrected chi connectivity index (χ3v) is 5.67. The average molecular weight is 318 g/mol. The van der Waals surface area contributed by atoms with Crippen molar-refractivity contribution in [1.82, 2.24) is 19.2 Å². The van der Waals surface area contributed by atoms with Gasteiger partial charge >= 0.3 is 0 Å². The van der Waals surface area contributed by atoms with Gasteiger partial charge < -0.3 is 10.2 Å². The Kier molecular flexibility index (Phi) is 5.59. The Hall–Kier alpha value is -0.700. The molecule has 1 atom stereocenters. The van der Waals surface area contributed by atoms with Crippen LogP contribution in [-0.4, -0.2) is 68.8 Å². The SMILES string of the molecule is CC(C)NS(=O)(=O)N1CCCC(C(=O)N2CCNCC2)C1. The fourth-order valence-electron chi connectivity index (χ4n) is 2.88. The summed E-state index contributed by atoms with van der Waals surface area (Å²) in [5.74, 6) is -0.110. The second kappa shape index (κ2) is 7.04. The van der Waals surface area contributed by atoms with Crippen molar-refractivity contribution in [2.75, 3.05) is 39.3 Å². The molecule has 2 heterocycles.